The van der Waals surface area contributed by atoms with Gasteiger partial charge in [0, 0.05) is 18.5 Å². The Balaban J connectivity index is 1.65. The number of carbonyl (C=O) groups excluding carboxylic acids is 2. The number of hydrogen-bond acceptors (Lipinski definition) is 4. The molecular formula is C34H31NO4. The fourth-order valence-electron chi connectivity index (χ4n) is 5.44. The normalized spacial score (nSPS) is 16.7. The molecule has 4 aromatic carbocycles. The highest BCUT2D eigenvalue weighted by molar-refractivity contribution is 6.00. The summed E-state index contributed by atoms with van der Waals surface area (Å²) in [6, 6.07) is 37.4. The SMILES string of the molecule is C=CCN1C(=O)C[C@H]1C(C(=O)c1ccccc1)[C@@H](O)OC(c1ccccc1)(c1ccccc1)c1ccccc1. The van der Waals surface area contributed by atoms with Crippen LogP contribution in [0.25, 0.3) is 0 Å². The predicted molar refractivity (Wildman–Crippen MR) is 151 cm³/mol. The Kier molecular flexibility index (Phi) is 7.82. The van der Waals surface area contributed by atoms with Crippen molar-refractivity contribution in [3.05, 3.63) is 156 Å². The topological polar surface area (TPSA) is 66.8 Å². The lowest BCUT2D eigenvalue weighted by atomic mass is 9.78. The van der Waals surface area contributed by atoms with Gasteiger partial charge in [-0.15, -0.1) is 6.58 Å². The molecule has 5 rings (SSSR count). The minimum atomic E-state index is -1.54. The molecule has 196 valence electrons. The van der Waals surface area contributed by atoms with E-state index in [0.717, 1.165) is 16.7 Å². The Bertz CT molecular complexity index is 1310. The number of nitrogens with zero attached hydrogens (tertiary/aromatic N) is 1. The lowest BCUT2D eigenvalue weighted by Gasteiger charge is -2.46. The van der Waals surface area contributed by atoms with Crippen LogP contribution in [0.3, 0.4) is 0 Å². The van der Waals surface area contributed by atoms with Gasteiger partial charge in [-0.1, -0.05) is 127 Å². The smallest absolute Gasteiger partial charge is 0.225 e. The second kappa shape index (κ2) is 11.6. The number of Topliss-reactive ketones (excluding diaryl/α,β-unsaturated/α-hetero) is 1. The molecule has 0 aromatic heterocycles. The number of hydrogen-bond donors (Lipinski definition) is 1. The van der Waals surface area contributed by atoms with Crippen LogP contribution in [0.1, 0.15) is 33.5 Å². The average molecular weight is 518 g/mol. The molecule has 3 atom stereocenters. The van der Waals surface area contributed by atoms with Crippen LogP contribution in [0.15, 0.2) is 134 Å². The van der Waals surface area contributed by atoms with Crippen molar-refractivity contribution in [2.75, 3.05) is 6.54 Å². The van der Waals surface area contributed by atoms with Gasteiger partial charge in [-0.2, -0.15) is 0 Å². The Morgan fingerprint density at radius 1 is 0.846 bits per heavy atom. The standard InChI is InChI=1S/C34H31NO4/c1-2-23-35-29(24-30(35)36)31(32(37)25-15-7-3-8-16-25)33(38)39-34(26-17-9-4-10-18-26,27-19-11-5-12-20-27)28-21-13-6-14-22-28/h2-22,29,31,33,38H,1,23-24H2/t29-,31?,33-/m0/s1. The number of aliphatic hydroxyl groups excluding tert-OH is 1. The fourth-order valence-corrected chi connectivity index (χ4v) is 5.44. The third-order valence-electron chi connectivity index (χ3n) is 7.35. The van der Waals surface area contributed by atoms with Crippen LogP contribution < -0.4 is 0 Å². The third-order valence-corrected chi connectivity index (χ3v) is 7.35. The van der Waals surface area contributed by atoms with E-state index in [1.54, 1.807) is 35.2 Å². The van der Waals surface area contributed by atoms with Crippen LogP contribution in [0, 0.1) is 5.92 Å². The minimum absolute atomic E-state index is 0.0848. The summed E-state index contributed by atoms with van der Waals surface area (Å²) in [6.07, 6.45) is 0.236. The number of ketones is 1. The van der Waals surface area contributed by atoms with Crippen molar-refractivity contribution in [2.45, 2.75) is 24.4 Å². The monoisotopic (exact) mass is 517 g/mol. The number of benzene rings is 4. The molecule has 0 saturated carbocycles. The van der Waals surface area contributed by atoms with E-state index < -0.39 is 23.9 Å². The van der Waals surface area contributed by atoms with Crippen LogP contribution in [0.5, 0.6) is 0 Å². The number of carbonyl (C=O) groups is 2. The first kappa shape index (κ1) is 26.3. The maximum atomic E-state index is 14.0. The fraction of sp³-hybridized carbons (Fsp3) is 0.176. The zero-order chi connectivity index (χ0) is 27.2. The van der Waals surface area contributed by atoms with Crippen molar-refractivity contribution >= 4 is 11.7 Å². The van der Waals surface area contributed by atoms with E-state index in [1.165, 1.54) is 0 Å². The molecule has 5 nitrogen and oxygen atoms in total. The molecule has 4 aromatic rings. The number of amides is 1. The van der Waals surface area contributed by atoms with E-state index in [0.29, 0.717) is 5.56 Å². The molecule has 1 N–H and O–H groups in total. The Labute approximate surface area is 229 Å². The van der Waals surface area contributed by atoms with Crippen LogP contribution >= 0.6 is 0 Å². The number of likely N-dealkylation sites (tertiary alicyclic amines) is 1. The second-order valence-corrected chi connectivity index (χ2v) is 9.65. The zero-order valence-electron chi connectivity index (χ0n) is 21.6. The van der Waals surface area contributed by atoms with Gasteiger partial charge in [-0.3, -0.25) is 9.59 Å². The first-order valence-electron chi connectivity index (χ1n) is 13.1. The zero-order valence-corrected chi connectivity index (χ0v) is 21.6. The van der Waals surface area contributed by atoms with Gasteiger partial charge in [0.25, 0.3) is 0 Å². The van der Waals surface area contributed by atoms with Gasteiger partial charge in [0.05, 0.1) is 12.0 Å². The van der Waals surface area contributed by atoms with Crippen molar-refractivity contribution in [2.24, 2.45) is 5.92 Å². The molecule has 1 heterocycles. The molecule has 0 aliphatic carbocycles. The number of aliphatic hydroxyl groups is 1. The van der Waals surface area contributed by atoms with E-state index in [2.05, 4.69) is 6.58 Å². The lowest BCUT2D eigenvalue weighted by molar-refractivity contribution is -0.195. The van der Waals surface area contributed by atoms with Crippen LogP contribution in [-0.4, -0.2) is 40.6 Å². The van der Waals surface area contributed by atoms with Gasteiger partial charge in [-0.05, 0) is 16.7 Å². The Morgan fingerprint density at radius 2 is 1.28 bits per heavy atom. The summed E-state index contributed by atoms with van der Waals surface area (Å²) in [6.45, 7) is 4.05. The molecule has 39 heavy (non-hydrogen) atoms. The summed E-state index contributed by atoms with van der Waals surface area (Å²) in [4.78, 5) is 28.1. The third kappa shape index (κ3) is 5.07. The summed E-state index contributed by atoms with van der Waals surface area (Å²) in [5.74, 6) is -1.38. The highest BCUT2D eigenvalue weighted by Gasteiger charge is 2.50. The van der Waals surface area contributed by atoms with Crippen LogP contribution in [-0.2, 0) is 15.1 Å². The van der Waals surface area contributed by atoms with Gasteiger partial charge in [0.1, 0.15) is 5.60 Å². The summed E-state index contributed by atoms with van der Waals surface area (Å²) < 4.78 is 6.79. The van der Waals surface area contributed by atoms with Crippen molar-refractivity contribution in [1.29, 1.82) is 0 Å². The molecule has 1 aliphatic rings. The molecular weight excluding hydrogens is 486 g/mol. The first-order valence-corrected chi connectivity index (χ1v) is 13.1. The summed E-state index contributed by atoms with van der Waals surface area (Å²) >= 11 is 0. The number of rotatable bonds is 11. The van der Waals surface area contributed by atoms with Gasteiger partial charge in [0.15, 0.2) is 12.1 Å². The van der Waals surface area contributed by atoms with Crippen molar-refractivity contribution < 1.29 is 19.4 Å². The molecule has 0 radical (unpaired) electrons. The molecule has 0 spiro atoms. The quantitative estimate of drug-likeness (QED) is 0.0925. The molecule has 0 bridgehead atoms. The number of β-lactam (4-membered cyclic amide) rings is 1. The van der Waals surface area contributed by atoms with Gasteiger partial charge >= 0.3 is 0 Å². The minimum Gasteiger partial charge on any atom is -0.367 e. The first-order chi connectivity index (χ1) is 19.1. The molecule has 1 aliphatic heterocycles. The van der Waals surface area contributed by atoms with Crippen LogP contribution in [0.4, 0.5) is 0 Å². The molecule has 1 fully saturated rings. The molecule has 1 saturated heterocycles. The van der Waals surface area contributed by atoms with E-state index in [-0.39, 0.29) is 24.7 Å². The van der Waals surface area contributed by atoms with Gasteiger partial charge in [-0.25, -0.2) is 0 Å². The highest BCUT2D eigenvalue weighted by atomic mass is 16.6. The van der Waals surface area contributed by atoms with Crippen LogP contribution in [0.2, 0.25) is 0 Å². The molecule has 5 heteroatoms. The predicted octanol–water partition coefficient (Wildman–Crippen LogP) is 5.60. The summed E-state index contributed by atoms with van der Waals surface area (Å²) in [5.41, 5.74) is 1.64. The molecule has 1 amide bonds. The molecule has 1 unspecified atom stereocenters. The summed E-state index contributed by atoms with van der Waals surface area (Å²) in [7, 11) is 0. The second-order valence-electron chi connectivity index (χ2n) is 9.65. The van der Waals surface area contributed by atoms with E-state index >= 15 is 0 Å². The van der Waals surface area contributed by atoms with Gasteiger partial charge in [0.2, 0.25) is 5.91 Å². The number of ether oxygens (including phenoxy) is 1. The maximum Gasteiger partial charge on any atom is 0.225 e. The Morgan fingerprint density at radius 3 is 1.69 bits per heavy atom. The van der Waals surface area contributed by atoms with Crippen molar-refractivity contribution in [3.63, 3.8) is 0 Å². The van der Waals surface area contributed by atoms with E-state index in [1.807, 2.05) is 97.1 Å². The summed E-state index contributed by atoms with van der Waals surface area (Å²) in [5, 5.41) is 12.0. The highest BCUT2D eigenvalue weighted by Crippen LogP contribution is 2.43. The Hall–Kier alpha value is -4.32. The maximum absolute atomic E-state index is 14.0. The average Bonchev–Trinajstić information content (AvgIpc) is 3.00. The lowest BCUT2D eigenvalue weighted by Crippen LogP contribution is -2.61. The van der Waals surface area contributed by atoms with Crippen molar-refractivity contribution in [1.82, 2.24) is 4.90 Å². The van der Waals surface area contributed by atoms with E-state index in [9.17, 15) is 14.7 Å². The van der Waals surface area contributed by atoms with Gasteiger partial charge < -0.3 is 14.7 Å². The van der Waals surface area contributed by atoms with E-state index in [4.69, 9.17) is 4.74 Å². The van der Waals surface area contributed by atoms with Crippen molar-refractivity contribution in [3.8, 4) is 0 Å². The largest absolute Gasteiger partial charge is 0.367 e.